The van der Waals surface area contributed by atoms with Crippen LogP contribution in [-0.4, -0.2) is 0 Å². The molecule has 0 spiro atoms. The van der Waals surface area contributed by atoms with Gasteiger partial charge in [0.25, 0.3) is 0 Å². The molecule has 1 aliphatic heterocycles. The first kappa shape index (κ1) is 10.2. The van der Waals surface area contributed by atoms with Crippen LogP contribution in [0.25, 0.3) is 11.1 Å². The van der Waals surface area contributed by atoms with Gasteiger partial charge in [-0.2, -0.15) is 0 Å². The Balaban J connectivity index is 0.000000853. The summed E-state index contributed by atoms with van der Waals surface area (Å²) in [5, 5.41) is 0. The third-order valence-electron chi connectivity index (χ3n) is 2.38. The van der Waals surface area contributed by atoms with Crippen molar-refractivity contribution in [2.45, 2.75) is 0 Å². The first-order valence-electron chi connectivity index (χ1n) is 4.56. The van der Waals surface area contributed by atoms with Gasteiger partial charge in [0, 0.05) is 30.6 Å². The van der Waals surface area contributed by atoms with Crippen LogP contribution in [0.2, 0.25) is 0 Å². The molecule has 0 atom stereocenters. The molecule has 2 nitrogen and oxygen atoms in total. The molecule has 1 N–H and O–H groups in total. The normalized spacial score (nSPS) is 11.2. The molecule has 3 rings (SSSR count). The Hall–Kier alpha value is -1.34. The van der Waals surface area contributed by atoms with Gasteiger partial charge in [0.05, 0.1) is 5.69 Å². The molecule has 1 heterocycles. The van der Waals surface area contributed by atoms with E-state index < -0.39 is 0 Å². The van der Waals surface area contributed by atoms with Crippen LogP contribution in [0, 0.1) is 0 Å². The molecule has 2 aromatic carbocycles. The number of fused-ring (bicyclic) bond motifs is 3. The Morgan fingerprint density at radius 2 is 1.47 bits per heavy atom. The zero-order chi connectivity index (χ0) is 9.38. The van der Waals surface area contributed by atoms with Crippen molar-refractivity contribution < 1.29 is 24.3 Å². The molecule has 15 heavy (non-hydrogen) atoms. The Morgan fingerprint density at radius 3 is 2.33 bits per heavy atom. The fourth-order valence-electron chi connectivity index (χ4n) is 1.70. The number of hydrogen-bond acceptors (Lipinski definition) is 2. The molecule has 70 valence electrons. The van der Waals surface area contributed by atoms with Gasteiger partial charge in [0.15, 0.2) is 5.75 Å². The van der Waals surface area contributed by atoms with E-state index in [1.165, 1.54) is 5.56 Å². The number of rotatable bonds is 0. The third-order valence-corrected chi connectivity index (χ3v) is 2.38. The van der Waals surface area contributed by atoms with Gasteiger partial charge >= 0.3 is 0 Å². The summed E-state index contributed by atoms with van der Waals surface area (Å²) < 4.78 is 0. The number of nitrogens with one attached hydrogen (secondary N) is 1. The van der Waals surface area contributed by atoms with Crippen LogP contribution in [0.5, 0.6) is 5.75 Å². The van der Waals surface area contributed by atoms with Crippen molar-refractivity contribution in [1.82, 2.24) is 0 Å². The van der Waals surface area contributed by atoms with Crippen LogP contribution >= 0.6 is 0 Å². The standard InChI is InChI=1S/C12H9NO.Zn/c1-3-7-11-9(5-1)10-6-2-4-8-12(10)14-13-11;/h1-8,13H;. The van der Waals surface area contributed by atoms with Crippen LogP contribution < -0.4 is 10.3 Å². The Morgan fingerprint density at radius 1 is 0.800 bits per heavy atom. The molecule has 0 radical (unpaired) electrons. The van der Waals surface area contributed by atoms with Crippen molar-refractivity contribution in [3.05, 3.63) is 48.5 Å². The molecule has 0 amide bonds. The summed E-state index contributed by atoms with van der Waals surface area (Å²) in [5.41, 5.74) is 6.27. The van der Waals surface area contributed by atoms with Gasteiger partial charge in [-0.1, -0.05) is 36.4 Å². The minimum atomic E-state index is 0. The second kappa shape index (κ2) is 4.03. The number of anilines is 1. The van der Waals surface area contributed by atoms with E-state index in [-0.39, 0.29) is 19.5 Å². The maximum atomic E-state index is 5.40. The predicted octanol–water partition coefficient (Wildman–Crippen LogP) is 3.07. The third kappa shape index (κ3) is 1.64. The first-order valence-corrected chi connectivity index (χ1v) is 4.56. The van der Waals surface area contributed by atoms with Crippen molar-refractivity contribution in [1.29, 1.82) is 0 Å². The Labute approximate surface area is 101 Å². The molecular weight excluding hydrogens is 240 g/mol. The Kier molecular flexibility index (Phi) is 2.74. The Bertz CT molecular complexity index is 439. The minimum Gasteiger partial charge on any atom is -0.381 e. The van der Waals surface area contributed by atoms with E-state index in [9.17, 15) is 0 Å². The van der Waals surface area contributed by atoms with Crippen LogP contribution in [0.15, 0.2) is 48.5 Å². The van der Waals surface area contributed by atoms with Crippen LogP contribution in [0.1, 0.15) is 0 Å². The van der Waals surface area contributed by atoms with Gasteiger partial charge in [-0.3, -0.25) is 0 Å². The van der Waals surface area contributed by atoms with E-state index in [0.717, 1.165) is 17.0 Å². The summed E-state index contributed by atoms with van der Waals surface area (Å²) in [6.07, 6.45) is 0. The fourth-order valence-corrected chi connectivity index (χ4v) is 1.70. The summed E-state index contributed by atoms with van der Waals surface area (Å²) in [6, 6.07) is 16.1. The number of hydrogen-bond donors (Lipinski definition) is 1. The first-order chi connectivity index (χ1) is 6.95. The maximum Gasteiger partial charge on any atom is 0.162 e. The van der Waals surface area contributed by atoms with E-state index in [4.69, 9.17) is 4.84 Å². The van der Waals surface area contributed by atoms with Crippen LogP contribution in [0.3, 0.4) is 0 Å². The van der Waals surface area contributed by atoms with E-state index in [0.29, 0.717) is 0 Å². The molecule has 0 saturated heterocycles. The summed E-state index contributed by atoms with van der Waals surface area (Å²) in [7, 11) is 0. The molecule has 0 saturated carbocycles. The SMILES string of the molecule is [Zn].c1ccc2c(c1)NOc1ccccc1-2. The maximum absolute atomic E-state index is 5.40. The van der Waals surface area contributed by atoms with Crippen molar-refractivity contribution in [2.75, 3.05) is 5.48 Å². The molecule has 3 heteroatoms. The molecule has 2 aromatic rings. The van der Waals surface area contributed by atoms with Gasteiger partial charge in [0.2, 0.25) is 0 Å². The molecule has 0 aromatic heterocycles. The van der Waals surface area contributed by atoms with Gasteiger partial charge in [-0.15, -0.1) is 0 Å². The van der Waals surface area contributed by atoms with Gasteiger partial charge in [0.1, 0.15) is 0 Å². The van der Waals surface area contributed by atoms with Crippen LogP contribution in [0.4, 0.5) is 5.69 Å². The van der Waals surface area contributed by atoms with Crippen molar-refractivity contribution in [3.63, 3.8) is 0 Å². The minimum absolute atomic E-state index is 0. The topological polar surface area (TPSA) is 21.3 Å². The average Bonchev–Trinajstić information content (AvgIpc) is 2.29. The second-order valence-electron chi connectivity index (χ2n) is 3.25. The predicted molar refractivity (Wildman–Crippen MR) is 56.1 cm³/mol. The largest absolute Gasteiger partial charge is 0.381 e. The van der Waals surface area contributed by atoms with Crippen LogP contribution in [-0.2, 0) is 19.5 Å². The number of para-hydroxylation sites is 2. The zero-order valence-electron chi connectivity index (χ0n) is 8.23. The molecule has 0 unspecified atom stereocenters. The summed E-state index contributed by atoms with van der Waals surface area (Å²) in [5.74, 6) is 0.881. The van der Waals surface area contributed by atoms with Gasteiger partial charge in [-0.05, 0) is 12.1 Å². The number of benzene rings is 2. The summed E-state index contributed by atoms with van der Waals surface area (Å²) in [6.45, 7) is 0. The molecule has 1 aliphatic rings. The van der Waals surface area contributed by atoms with E-state index >= 15 is 0 Å². The average molecular weight is 249 g/mol. The summed E-state index contributed by atoms with van der Waals surface area (Å²) in [4.78, 5) is 5.40. The van der Waals surface area contributed by atoms with Crippen molar-refractivity contribution in [2.24, 2.45) is 0 Å². The van der Waals surface area contributed by atoms with E-state index in [1.54, 1.807) is 0 Å². The monoisotopic (exact) mass is 247 g/mol. The second-order valence-corrected chi connectivity index (χ2v) is 3.25. The zero-order valence-corrected chi connectivity index (χ0v) is 11.2. The van der Waals surface area contributed by atoms with Crippen molar-refractivity contribution in [3.8, 4) is 16.9 Å². The summed E-state index contributed by atoms with van der Waals surface area (Å²) >= 11 is 0. The van der Waals surface area contributed by atoms with Crippen molar-refractivity contribution >= 4 is 5.69 Å². The molecule has 0 fully saturated rings. The van der Waals surface area contributed by atoms with Gasteiger partial charge < -0.3 is 4.84 Å². The van der Waals surface area contributed by atoms with Gasteiger partial charge in [-0.25, -0.2) is 5.48 Å². The fraction of sp³-hybridized carbons (Fsp3) is 0. The van der Waals surface area contributed by atoms with E-state index in [2.05, 4.69) is 17.6 Å². The molecular formula is C12H9NOZn. The molecule has 0 aliphatic carbocycles. The van der Waals surface area contributed by atoms with E-state index in [1.807, 2.05) is 36.4 Å². The quantitative estimate of drug-likeness (QED) is 0.724. The molecule has 0 bridgehead atoms. The smallest absolute Gasteiger partial charge is 0.162 e.